The Morgan fingerprint density at radius 3 is 2.60 bits per heavy atom. The molecule has 2 rings (SSSR count). The molecule has 1 heterocycles. The molecule has 0 aliphatic carbocycles. The number of carbonyl (C=O) groups is 1. The van der Waals surface area contributed by atoms with Gasteiger partial charge in [0.2, 0.25) is 0 Å². The Balaban J connectivity index is 0.00000151. The third kappa shape index (κ3) is 5.78. The number of nitrogens with one attached hydrogen (secondary N) is 1. The Bertz CT molecular complexity index is 691. The van der Waals surface area contributed by atoms with Crippen LogP contribution in [0.3, 0.4) is 0 Å². The van der Waals surface area contributed by atoms with E-state index < -0.39 is 5.91 Å². The van der Waals surface area contributed by atoms with Crippen LogP contribution in [0.15, 0.2) is 30.5 Å². The molecule has 25 heavy (non-hydrogen) atoms. The third-order valence-corrected chi connectivity index (χ3v) is 3.71. The zero-order chi connectivity index (χ0) is 18.8. The number of hydrogen-bond donors (Lipinski definition) is 2. The number of aromatic nitrogens is 2. The van der Waals surface area contributed by atoms with Crippen molar-refractivity contribution in [1.29, 1.82) is 5.26 Å². The van der Waals surface area contributed by atoms with Crippen LogP contribution in [0.5, 0.6) is 0 Å². The molecule has 1 unspecified atom stereocenters. The van der Waals surface area contributed by atoms with Gasteiger partial charge in [-0.05, 0) is 30.7 Å². The molecule has 0 spiro atoms. The highest BCUT2D eigenvalue weighted by Gasteiger charge is 2.18. The summed E-state index contributed by atoms with van der Waals surface area (Å²) in [5.74, 6) is -0.0996. The van der Waals surface area contributed by atoms with Gasteiger partial charge in [0.15, 0.2) is 5.82 Å². The van der Waals surface area contributed by atoms with Crippen LogP contribution in [0.2, 0.25) is 5.02 Å². The molecule has 7 nitrogen and oxygen atoms in total. The van der Waals surface area contributed by atoms with Gasteiger partial charge in [-0.25, -0.2) is 5.26 Å². The van der Waals surface area contributed by atoms with Crippen LogP contribution < -0.4 is 11.1 Å². The smallest absolute Gasteiger partial charge is 0.254 e. The monoisotopic (exact) mass is 363 g/mol. The van der Waals surface area contributed by atoms with Gasteiger partial charge in [-0.3, -0.25) is 9.48 Å². The lowest BCUT2D eigenvalue weighted by atomic mass is 10.2. The van der Waals surface area contributed by atoms with Crippen molar-refractivity contribution in [2.24, 2.45) is 5.73 Å². The number of nitriles is 1. The van der Waals surface area contributed by atoms with Gasteiger partial charge < -0.3 is 15.8 Å². The molecule has 1 aromatic heterocycles. The fraction of sp³-hybridized carbons (Fsp3) is 0.353. The summed E-state index contributed by atoms with van der Waals surface area (Å²) >= 11 is 5.88. The van der Waals surface area contributed by atoms with Crippen molar-refractivity contribution in [3.8, 4) is 6.57 Å². The highest BCUT2D eigenvalue weighted by Crippen LogP contribution is 2.23. The van der Waals surface area contributed by atoms with E-state index in [2.05, 4.69) is 23.9 Å². The van der Waals surface area contributed by atoms with Gasteiger partial charge in [-0.15, -0.1) is 0 Å². The molecule has 134 valence electrons. The average molecular weight is 364 g/mol. The number of ether oxygens (including phenoxy) is 1. The first-order chi connectivity index (χ1) is 12.0. The first-order valence-electron chi connectivity index (χ1n) is 7.71. The second kappa shape index (κ2) is 10.3. The second-order valence-electron chi connectivity index (χ2n) is 5.27. The molecule has 0 bridgehead atoms. The maximum absolute atomic E-state index is 11.7. The van der Waals surface area contributed by atoms with Crippen molar-refractivity contribution in [2.75, 3.05) is 19.0 Å². The number of amides is 1. The molecule has 0 aliphatic rings. The zero-order valence-corrected chi connectivity index (χ0v) is 15.0. The number of anilines is 2. The van der Waals surface area contributed by atoms with E-state index in [9.17, 15) is 4.79 Å². The maximum Gasteiger partial charge on any atom is 0.254 e. The van der Waals surface area contributed by atoms with Crippen molar-refractivity contribution < 1.29 is 9.53 Å². The number of hydrogen-bond acceptors (Lipinski definition) is 5. The number of carbonyl (C=O) groups excluding carboxylic acids is 1. The van der Waals surface area contributed by atoms with Crippen molar-refractivity contribution in [1.82, 2.24) is 9.78 Å². The van der Waals surface area contributed by atoms with Gasteiger partial charge >= 0.3 is 0 Å². The SMILES string of the molecule is C#N.CCCC(COC)n1cc(C(N)=O)c(Nc2ccc(Cl)cc2)n1. The standard InChI is InChI=1S/C16H21ClN4O2.CHN/c1-3-4-13(10-23-2)21-9-14(15(18)22)16(20-21)19-12-7-5-11(17)6-8-12;1-2/h5-9,13H,3-4,10H2,1-2H3,(H2,18,22)(H,19,20);1H. The lowest BCUT2D eigenvalue weighted by Crippen LogP contribution is -2.15. The number of halogens is 1. The van der Waals surface area contributed by atoms with Gasteiger partial charge in [0, 0.05) is 30.6 Å². The minimum absolute atomic E-state index is 0.0591. The van der Waals surface area contributed by atoms with E-state index >= 15 is 0 Å². The number of benzene rings is 1. The number of nitrogens with two attached hydrogens (primary N) is 1. The second-order valence-corrected chi connectivity index (χ2v) is 5.70. The normalized spacial score (nSPS) is 11.2. The quantitative estimate of drug-likeness (QED) is 0.746. The zero-order valence-electron chi connectivity index (χ0n) is 14.3. The molecule has 0 saturated carbocycles. The van der Waals surface area contributed by atoms with Gasteiger partial charge in [-0.1, -0.05) is 24.9 Å². The van der Waals surface area contributed by atoms with E-state index in [1.54, 1.807) is 30.1 Å². The van der Waals surface area contributed by atoms with Crippen LogP contribution in [0.1, 0.15) is 36.2 Å². The highest BCUT2D eigenvalue weighted by molar-refractivity contribution is 6.30. The fourth-order valence-electron chi connectivity index (χ4n) is 2.34. The molecule has 1 atom stereocenters. The van der Waals surface area contributed by atoms with Crippen molar-refractivity contribution in [3.63, 3.8) is 0 Å². The molecule has 0 aliphatic heterocycles. The molecule has 0 saturated heterocycles. The van der Waals surface area contributed by atoms with Crippen LogP contribution in [0.25, 0.3) is 0 Å². The first kappa shape index (κ1) is 20.5. The van der Waals surface area contributed by atoms with E-state index in [0.717, 1.165) is 18.5 Å². The Hall–Kier alpha value is -2.56. The van der Waals surface area contributed by atoms with Crippen molar-refractivity contribution in [2.45, 2.75) is 25.8 Å². The van der Waals surface area contributed by atoms with Crippen LogP contribution >= 0.6 is 11.6 Å². The average Bonchev–Trinajstić information content (AvgIpc) is 3.02. The molecular formula is C17H22ClN5O2. The molecule has 1 aromatic carbocycles. The van der Waals surface area contributed by atoms with Crippen molar-refractivity contribution >= 4 is 29.0 Å². The molecule has 0 fully saturated rings. The van der Waals surface area contributed by atoms with Crippen LogP contribution in [0, 0.1) is 11.8 Å². The molecule has 1 amide bonds. The summed E-state index contributed by atoms with van der Waals surface area (Å²) in [6, 6.07) is 7.20. The lowest BCUT2D eigenvalue weighted by Gasteiger charge is -2.15. The predicted octanol–water partition coefficient (Wildman–Crippen LogP) is 3.51. The summed E-state index contributed by atoms with van der Waals surface area (Å²) in [6.07, 6.45) is 3.55. The summed E-state index contributed by atoms with van der Waals surface area (Å²) in [4.78, 5) is 11.7. The Morgan fingerprint density at radius 2 is 2.08 bits per heavy atom. The van der Waals surface area contributed by atoms with Crippen molar-refractivity contribution in [3.05, 3.63) is 41.0 Å². The topological polar surface area (TPSA) is 106 Å². The van der Waals surface area contributed by atoms with E-state index in [1.165, 1.54) is 0 Å². The van der Waals surface area contributed by atoms with Gasteiger partial charge in [0.1, 0.15) is 5.56 Å². The summed E-state index contributed by atoms with van der Waals surface area (Å²) in [6.45, 7) is 6.11. The minimum atomic E-state index is -0.527. The molecule has 2 aromatic rings. The number of primary amides is 1. The summed E-state index contributed by atoms with van der Waals surface area (Å²) < 4.78 is 6.98. The van der Waals surface area contributed by atoms with Gasteiger partial charge in [0.05, 0.1) is 12.6 Å². The van der Waals surface area contributed by atoms with Crippen LogP contribution in [0.4, 0.5) is 11.5 Å². The first-order valence-corrected chi connectivity index (χ1v) is 8.09. The van der Waals surface area contributed by atoms with Crippen LogP contribution in [-0.4, -0.2) is 29.4 Å². The van der Waals surface area contributed by atoms with E-state index in [-0.39, 0.29) is 6.04 Å². The minimum Gasteiger partial charge on any atom is -0.382 e. The van der Waals surface area contributed by atoms with E-state index in [1.807, 2.05) is 12.1 Å². The van der Waals surface area contributed by atoms with E-state index in [4.69, 9.17) is 27.3 Å². The maximum atomic E-state index is 11.7. The molecule has 3 N–H and O–H groups in total. The largest absolute Gasteiger partial charge is 0.382 e. The summed E-state index contributed by atoms with van der Waals surface area (Å²) in [7, 11) is 1.65. The molecule has 8 heteroatoms. The lowest BCUT2D eigenvalue weighted by molar-refractivity contribution is 0.100. The Morgan fingerprint density at radius 1 is 1.44 bits per heavy atom. The number of nitrogens with zero attached hydrogens (tertiary/aromatic N) is 3. The van der Waals surface area contributed by atoms with E-state index in [0.29, 0.717) is 23.0 Å². The fourth-order valence-corrected chi connectivity index (χ4v) is 2.46. The van der Waals surface area contributed by atoms with Gasteiger partial charge in [0.25, 0.3) is 5.91 Å². The summed E-state index contributed by atoms with van der Waals surface area (Å²) in [5, 5.41) is 14.7. The summed E-state index contributed by atoms with van der Waals surface area (Å²) in [5.41, 5.74) is 6.59. The number of methoxy groups -OCH3 is 1. The predicted molar refractivity (Wildman–Crippen MR) is 98.0 cm³/mol. The Labute approximate surface area is 152 Å². The van der Waals surface area contributed by atoms with Crippen LogP contribution in [-0.2, 0) is 4.74 Å². The Kier molecular flexibility index (Phi) is 8.47. The van der Waals surface area contributed by atoms with Gasteiger partial charge in [-0.2, -0.15) is 5.10 Å². The third-order valence-electron chi connectivity index (χ3n) is 3.46. The molecular weight excluding hydrogens is 342 g/mol. The molecule has 0 radical (unpaired) electrons. The number of rotatable bonds is 8. The highest BCUT2D eigenvalue weighted by atomic mass is 35.5.